The van der Waals surface area contributed by atoms with Crippen molar-refractivity contribution in [1.29, 1.82) is 5.26 Å². The highest BCUT2D eigenvalue weighted by Crippen LogP contribution is 2.18. The second-order valence-electron chi connectivity index (χ2n) is 5.90. The van der Waals surface area contributed by atoms with E-state index in [1.165, 1.54) is 12.1 Å². The molecule has 6 nitrogen and oxygen atoms in total. The molecule has 3 aromatic rings. The number of nitriles is 1. The standard InChI is InChI=1S/C21H16FN3O3/c1-14-10-20(25-28-14)24-21(26)17(12-23)11-15-6-8-18(9-7-15)27-13-16-4-2-3-5-19(16)22/h2-11H,13H2,1H3,(H,24,25,26)/b17-11-. The molecule has 2 aromatic carbocycles. The third kappa shape index (κ3) is 4.83. The molecule has 140 valence electrons. The van der Waals surface area contributed by atoms with Crippen molar-refractivity contribution in [2.75, 3.05) is 5.32 Å². The summed E-state index contributed by atoms with van der Waals surface area (Å²) in [6.45, 7) is 1.80. The average molecular weight is 377 g/mol. The highest BCUT2D eigenvalue weighted by Gasteiger charge is 2.12. The fraction of sp³-hybridized carbons (Fsp3) is 0.0952. The van der Waals surface area contributed by atoms with E-state index in [1.807, 2.05) is 6.07 Å². The van der Waals surface area contributed by atoms with Crippen LogP contribution in [-0.4, -0.2) is 11.1 Å². The van der Waals surface area contributed by atoms with E-state index < -0.39 is 5.91 Å². The molecule has 1 amide bonds. The Morgan fingerprint density at radius 1 is 1.29 bits per heavy atom. The molecule has 7 heteroatoms. The van der Waals surface area contributed by atoms with Crippen LogP contribution in [0.4, 0.5) is 10.2 Å². The highest BCUT2D eigenvalue weighted by atomic mass is 19.1. The molecule has 0 aliphatic carbocycles. The number of halogens is 1. The van der Waals surface area contributed by atoms with Crippen LogP contribution < -0.4 is 10.1 Å². The minimum atomic E-state index is -0.587. The molecule has 28 heavy (non-hydrogen) atoms. The van der Waals surface area contributed by atoms with Crippen LogP contribution in [0.2, 0.25) is 0 Å². The van der Waals surface area contributed by atoms with Gasteiger partial charge in [0.05, 0.1) is 0 Å². The molecule has 1 heterocycles. The Hall–Kier alpha value is -3.92. The van der Waals surface area contributed by atoms with Crippen LogP contribution >= 0.6 is 0 Å². The van der Waals surface area contributed by atoms with Crippen LogP contribution in [0, 0.1) is 24.1 Å². The van der Waals surface area contributed by atoms with E-state index in [0.29, 0.717) is 22.6 Å². The fourth-order valence-electron chi connectivity index (χ4n) is 2.36. The molecular weight excluding hydrogens is 361 g/mol. The van der Waals surface area contributed by atoms with Crippen molar-refractivity contribution in [1.82, 2.24) is 5.16 Å². The van der Waals surface area contributed by atoms with Gasteiger partial charge in [-0.1, -0.05) is 35.5 Å². The van der Waals surface area contributed by atoms with Crippen LogP contribution in [0.1, 0.15) is 16.9 Å². The van der Waals surface area contributed by atoms with Crippen molar-refractivity contribution in [3.8, 4) is 11.8 Å². The lowest BCUT2D eigenvalue weighted by atomic mass is 10.1. The van der Waals surface area contributed by atoms with E-state index in [9.17, 15) is 14.4 Å². The summed E-state index contributed by atoms with van der Waals surface area (Å²) >= 11 is 0. The third-order valence-corrected chi connectivity index (χ3v) is 3.78. The van der Waals surface area contributed by atoms with Gasteiger partial charge < -0.3 is 14.6 Å². The van der Waals surface area contributed by atoms with Gasteiger partial charge in [-0.25, -0.2) is 4.39 Å². The summed E-state index contributed by atoms with van der Waals surface area (Å²) in [4.78, 5) is 12.2. The SMILES string of the molecule is Cc1cc(NC(=O)/C(C#N)=C\c2ccc(OCc3ccccc3F)cc2)no1. The predicted octanol–water partition coefficient (Wildman–Crippen LogP) is 4.25. The molecule has 0 aliphatic rings. The number of hydrogen-bond acceptors (Lipinski definition) is 5. The summed E-state index contributed by atoms with van der Waals surface area (Å²) in [5.74, 6) is 0.412. The Morgan fingerprint density at radius 3 is 2.68 bits per heavy atom. The summed E-state index contributed by atoms with van der Waals surface area (Å²) in [5.41, 5.74) is 1.01. The zero-order valence-corrected chi connectivity index (χ0v) is 15.0. The topological polar surface area (TPSA) is 88.2 Å². The number of rotatable bonds is 6. The predicted molar refractivity (Wildman–Crippen MR) is 101 cm³/mol. The van der Waals surface area contributed by atoms with Crippen molar-refractivity contribution < 1.29 is 18.4 Å². The maximum Gasteiger partial charge on any atom is 0.267 e. The number of benzene rings is 2. The number of anilines is 1. The summed E-state index contributed by atoms with van der Waals surface area (Å²) in [7, 11) is 0. The van der Waals surface area contributed by atoms with E-state index >= 15 is 0 Å². The lowest BCUT2D eigenvalue weighted by molar-refractivity contribution is -0.112. The Labute approximate surface area is 160 Å². The number of aryl methyl sites for hydroxylation is 1. The van der Waals surface area contributed by atoms with Crippen molar-refractivity contribution >= 4 is 17.8 Å². The van der Waals surface area contributed by atoms with E-state index in [1.54, 1.807) is 55.5 Å². The molecule has 1 aromatic heterocycles. The second kappa shape index (κ2) is 8.64. The number of ether oxygens (including phenoxy) is 1. The summed E-state index contributed by atoms with van der Waals surface area (Å²) in [5, 5.41) is 15.4. The zero-order chi connectivity index (χ0) is 19.9. The Bertz CT molecular complexity index is 1050. The number of nitrogens with one attached hydrogen (secondary N) is 1. The monoisotopic (exact) mass is 377 g/mol. The summed E-state index contributed by atoms with van der Waals surface area (Å²) < 4.78 is 24.0. The van der Waals surface area contributed by atoms with Gasteiger partial charge in [0.15, 0.2) is 5.82 Å². The minimum Gasteiger partial charge on any atom is -0.489 e. The first-order chi connectivity index (χ1) is 13.5. The number of aromatic nitrogens is 1. The molecule has 0 aliphatic heterocycles. The molecule has 0 bridgehead atoms. The van der Waals surface area contributed by atoms with Crippen LogP contribution in [0.3, 0.4) is 0 Å². The van der Waals surface area contributed by atoms with Crippen molar-refractivity contribution in [3.63, 3.8) is 0 Å². The van der Waals surface area contributed by atoms with Gasteiger partial charge in [0, 0.05) is 11.6 Å². The third-order valence-electron chi connectivity index (χ3n) is 3.78. The van der Waals surface area contributed by atoms with Crippen molar-refractivity contribution in [2.24, 2.45) is 0 Å². The Kier molecular flexibility index (Phi) is 5.82. The van der Waals surface area contributed by atoms with Gasteiger partial charge in [-0.05, 0) is 36.8 Å². The lowest BCUT2D eigenvalue weighted by Crippen LogP contribution is -2.13. The van der Waals surface area contributed by atoms with Crippen LogP contribution in [-0.2, 0) is 11.4 Å². The van der Waals surface area contributed by atoms with Gasteiger partial charge >= 0.3 is 0 Å². The number of nitrogens with zero attached hydrogens (tertiary/aromatic N) is 2. The quantitative estimate of drug-likeness (QED) is 0.513. The van der Waals surface area contributed by atoms with Crippen molar-refractivity contribution in [2.45, 2.75) is 13.5 Å². The van der Waals surface area contributed by atoms with Crippen molar-refractivity contribution in [3.05, 3.63) is 82.9 Å². The molecule has 0 saturated heterocycles. The largest absolute Gasteiger partial charge is 0.489 e. The van der Waals surface area contributed by atoms with Crippen LogP contribution in [0.15, 0.2) is 64.7 Å². The highest BCUT2D eigenvalue weighted by molar-refractivity contribution is 6.09. The molecule has 0 atom stereocenters. The van der Waals surface area contributed by atoms with Gasteiger partial charge in [0.2, 0.25) is 0 Å². The molecule has 0 spiro atoms. The van der Waals surface area contributed by atoms with Crippen LogP contribution in [0.25, 0.3) is 6.08 Å². The average Bonchev–Trinajstić information content (AvgIpc) is 3.11. The summed E-state index contributed by atoms with van der Waals surface area (Å²) in [6, 6.07) is 16.6. The Balaban J connectivity index is 1.65. The van der Waals surface area contributed by atoms with E-state index in [0.717, 1.165) is 0 Å². The minimum absolute atomic E-state index is 0.0827. The Morgan fingerprint density at radius 2 is 2.04 bits per heavy atom. The van der Waals surface area contributed by atoms with Gasteiger partial charge in [0.25, 0.3) is 5.91 Å². The molecule has 1 N–H and O–H groups in total. The maximum absolute atomic E-state index is 13.6. The first-order valence-corrected chi connectivity index (χ1v) is 8.38. The van der Waals surface area contributed by atoms with Gasteiger partial charge in [0.1, 0.15) is 35.6 Å². The molecular formula is C21H16FN3O3. The van der Waals surface area contributed by atoms with Gasteiger partial charge in [-0.15, -0.1) is 0 Å². The van der Waals surface area contributed by atoms with Gasteiger partial charge in [-0.2, -0.15) is 5.26 Å². The number of hydrogen-bond donors (Lipinski definition) is 1. The van der Waals surface area contributed by atoms with E-state index in [-0.39, 0.29) is 23.8 Å². The molecule has 0 fully saturated rings. The molecule has 3 rings (SSSR count). The number of carbonyl (C=O) groups excluding carboxylic acids is 1. The summed E-state index contributed by atoms with van der Waals surface area (Å²) in [6.07, 6.45) is 1.45. The van der Waals surface area contributed by atoms with E-state index in [4.69, 9.17) is 9.26 Å². The van der Waals surface area contributed by atoms with Gasteiger partial charge in [-0.3, -0.25) is 4.79 Å². The number of amides is 1. The lowest BCUT2D eigenvalue weighted by Gasteiger charge is -2.07. The van der Waals surface area contributed by atoms with E-state index in [2.05, 4.69) is 10.5 Å². The maximum atomic E-state index is 13.6. The normalized spacial score (nSPS) is 11.0. The first kappa shape index (κ1) is 18.9. The molecule has 0 radical (unpaired) electrons. The second-order valence-corrected chi connectivity index (χ2v) is 5.90. The smallest absolute Gasteiger partial charge is 0.267 e. The number of carbonyl (C=O) groups is 1. The zero-order valence-electron chi connectivity index (χ0n) is 15.0. The van der Waals surface area contributed by atoms with Crippen LogP contribution in [0.5, 0.6) is 5.75 Å². The molecule has 0 saturated carbocycles. The molecule has 0 unspecified atom stereocenters. The first-order valence-electron chi connectivity index (χ1n) is 8.38. The fourth-order valence-corrected chi connectivity index (χ4v) is 2.36.